The average Bonchev–Trinajstić information content (AvgIpc) is 2.44. The fourth-order valence-electron chi connectivity index (χ4n) is 1.12. The second-order valence-corrected chi connectivity index (χ2v) is 5.23. The van der Waals surface area contributed by atoms with Gasteiger partial charge in [0.25, 0.3) is 0 Å². The van der Waals surface area contributed by atoms with Crippen molar-refractivity contribution in [3.05, 3.63) is 0 Å². The SMILES string of the molecule is OCC(CO)(CO)C(Cl)OC(Cl)C(CO)(CO)CO.[Pd]. The third-order valence-electron chi connectivity index (χ3n) is 3.09. The molecule has 10 heteroatoms. The van der Waals surface area contributed by atoms with Gasteiger partial charge in [0.05, 0.1) is 50.5 Å². The van der Waals surface area contributed by atoms with Crippen LogP contribution >= 0.6 is 23.2 Å². The van der Waals surface area contributed by atoms with Crippen LogP contribution in [0, 0.1) is 10.8 Å². The number of hydrogen-bond acceptors (Lipinski definition) is 7. The van der Waals surface area contributed by atoms with Crippen LogP contribution in [0.4, 0.5) is 0 Å². The van der Waals surface area contributed by atoms with E-state index < -0.39 is 61.6 Å². The number of aliphatic hydroxyl groups is 6. The molecule has 126 valence electrons. The summed E-state index contributed by atoms with van der Waals surface area (Å²) in [6.07, 6.45) is 0. The Morgan fingerprint density at radius 2 is 0.850 bits per heavy atom. The molecule has 0 saturated carbocycles. The smallest absolute Gasteiger partial charge is 0.145 e. The first-order valence-electron chi connectivity index (χ1n) is 5.50. The Bertz CT molecular complexity index is 211. The number of aliphatic hydroxyl groups excluding tert-OH is 6. The van der Waals surface area contributed by atoms with Crippen LogP contribution in [0.3, 0.4) is 0 Å². The molecular formula is C10H20Cl2O7Pd. The maximum Gasteiger partial charge on any atom is 0.145 e. The summed E-state index contributed by atoms with van der Waals surface area (Å²) in [5.74, 6) is 0. The summed E-state index contributed by atoms with van der Waals surface area (Å²) in [6.45, 7) is -3.99. The van der Waals surface area contributed by atoms with Gasteiger partial charge < -0.3 is 35.4 Å². The summed E-state index contributed by atoms with van der Waals surface area (Å²) in [4.78, 5) is 0. The van der Waals surface area contributed by atoms with Gasteiger partial charge in [-0.1, -0.05) is 23.2 Å². The summed E-state index contributed by atoms with van der Waals surface area (Å²) in [7, 11) is 0. The fourth-order valence-corrected chi connectivity index (χ4v) is 1.80. The molecule has 20 heavy (non-hydrogen) atoms. The molecular weight excluding hydrogens is 409 g/mol. The maximum atomic E-state index is 9.16. The van der Waals surface area contributed by atoms with Crippen LogP contribution in [-0.4, -0.2) is 81.4 Å². The molecule has 0 amide bonds. The summed E-state index contributed by atoms with van der Waals surface area (Å²) in [5, 5.41) is 55.0. The van der Waals surface area contributed by atoms with E-state index in [2.05, 4.69) is 0 Å². The van der Waals surface area contributed by atoms with Crippen molar-refractivity contribution in [2.75, 3.05) is 39.6 Å². The minimum Gasteiger partial charge on any atom is -0.395 e. The standard InChI is InChI=1S/C10H20Cl2O7.Pd/c11-7(9(1-13,2-14)3-15)19-8(12)10(4-16,5-17)6-18;/h7-8,13-18H,1-6H2;. The number of ether oxygens (including phenoxy) is 1. The predicted molar refractivity (Wildman–Crippen MR) is 67.7 cm³/mol. The van der Waals surface area contributed by atoms with E-state index in [1.54, 1.807) is 0 Å². The minimum absolute atomic E-state index is 0. The topological polar surface area (TPSA) is 131 Å². The van der Waals surface area contributed by atoms with E-state index in [0.29, 0.717) is 0 Å². The third kappa shape index (κ3) is 5.01. The van der Waals surface area contributed by atoms with Crippen LogP contribution in [0.1, 0.15) is 0 Å². The largest absolute Gasteiger partial charge is 0.395 e. The van der Waals surface area contributed by atoms with Gasteiger partial charge in [-0.05, 0) is 0 Å². The van der Waals surface area contributed by atoms with E-state index in [4.69, 9.17) is 58.6 Å². The van der Waals surface area contributed by atoms with Crippen LogP contribution in [0.2, 0.25) is 0 Å². The summed E-state index contributed by atoms with van der Waals surface area (Å²) >= 11 is 11.7. The molecule has 0 bridgehead atoms. The zero-order valence-electron chi connectivity index (χ0n) is 10.6. The van der Waals surface area contributed by atoms with Gasteiger partial charge in [-0.2, -0.15) is 0 Å². The molecule has 0 aliphatic carbocycles. The Hall–Kier alpha value is 0.962. The molecule has 0 aliphatic heterocycles. The van der Waals surface area contributed by atoms with Crippen molar-refractivity contribution < 1.29 is 55.8 Å². The van der Waals surface area contributed by atoms with Crippen molar-refractivity contribution in [1.82, 2.24) is 0 Å². The predicted octanol–water partition coefficient (Wildman–Crippen LogP) is -1.94. The second-order valence-electron chi connectivity index (χ2n) is 4.44. The first kappa shape index (κ1) is 23.2. The molecule has 0 saturated heterocycles. The van der Waals surface area contributed by atoms with Gasteiger partial charge in [0.15, 0.2) is 0 Å². The number of alkyl halides is 2. The Labute approximate surface area is 140 Å². The Kier molecular flexibility index (Phi) is 12.4. The zero-order chi connectivity index (χ0) is 15.1. The minimum atomic E-state index is -1.54. The number of halogens is 2. The van der Waals surface area contributed by atoms with Crippen molar-refractivity contribution >= 4 is 23.2 Å². The molecule has 7 nitrogen and oxygen atoms in total. The van der Waals surface area contributed by atoms with Gasteiger partial charge in [-0.15, -0.1) is 0 Å². The van der Waals surface area contributed by atoms with Crippen molar-refractivity contribution in [2.24, 2.45) is 10.8 Å². The van der Waals surface area contributed by atoms with E-state index in [-0.39, 0.29) is 20.4 Å². The maximum absolute atomic E-state index is 9.16. The van der Waals surface area contributed by atoms with Crippen molar-refractivity contribution in [3.63, 3.8) is 0 Å². The van der Waals surface area contributed by atoms with Crippen LogP contribution in [0.5, 0.6) is 0 Å². The Morgan fingerprint density at radius 1 is 0.650 bits per heavy atom. The van der Waals surface area contributed by atoms with Crippen molar-refractivity contribution in [1.29, 1.82) is 0 Å². The van der Waals surface area contributed by atoms with Gasteiger partial charge in [0, 0.05) is 20.4 Å². The van der Waals surface area contributed by atoms with E-state index in [9.17, 15) is 0 Å². The molecule has 0 rings (SSSR count). The van der Waals surface area contributed by atoms with Crippen LogP contribution < -0.4 is 0 Å². The molecule has 0 aromatic rings. The fraction of sp³-hybridized carbons (Fsp3) is 1.00. The molecule has 0 aromatic carbocycles. The molecule has 0 spiro atoms. The molecule has 6 N–H and O–H groups in total. The average molecular weight is 430 g/mol. The monoisotopic (exact) mass is 428 g/mol. The quantitative estimate of drug-likeness (QED) is 0.176. The van der Waals surface area contributed by atoms with Crippen LogP contribution in [0.25, 0.3) is 0 Å². The van der Waals surface area contributed by atoms with Gasteiger partial charge in [-0.3, -0.25) is 0 Å². The molecule has 0 heterocycles. The molecule has 2 atom stereocenters. The molecule has 0 aliphatic rings. The van der Waals surface area contributed by atoms with Gasteiger partial charge in [0.2, 0.25) is 0 Å². The van der Waals surface area contributed by atoms with Gasteiger partial charge in [0.1, 0.15) is 11.1 Å². The zero-order valence-corrected chi connectivity index (χ0v) is 13.6. The number of rotatable bonds is 10. The van der Waals surface area contributed by atoms with Gasteiger partial charge >= 0.3 is 0 Å². The van der Waals surface area contributed by atoms with Crippen molar-refractivity contribution in [3.8, 4) is 0 Å². The van der Waals surface area contributed by atoms with Crippen LogP contribution in [0.15, 0.2) is 0 Å². The third-order valence-corrected chi connectivity index (χ3v) is 4.22. The molecule has 2 unspecified atom stereocenters. The van der Waals surface area contributed by atoms with Crippen LogP contribution in [-0.2, 0) is 25.2 Å². The van der Waals surface area contributed by atoms with E-state index >= 15 is 0 Å². The first-order chi connectivity index (χ1) is 8.91. The first-order valence-corrected chi connectivity index (χ1v) is 6.38. The Morgan fingerprint density at radius 3 is 1.00 bits per heavy atom. The summed E-state index contributed by atoms with van der Waals surface area (Å²) in [5.41, 5.74) is -5.86. The van der Waals surface area contributed by atoms with E-state index in [1.165, 1.54) is 0 Å². The molecule has 0 radical (unpaired) electrons. The van der Waals surface area contributed by atoms with E-state index in [1.807, 2.05) is 0 Å². The Balaban J connectivity index is 0. The van der Waals surface area contributed by atoms with Crippen molar-refractivity contribution in [2.45, 2.75) is 11.1 Å². The van der Waals surface area contributed by atoms with Gasteiger partial charge in [-0.25, -0.2) is 0 Å². The molecule has 0 aromatic heterocycles. The molecule has 0 fully saturated rings. The number of hydrogen-bond donors (Lipinski definition) is 6. The normalized spacial score (nSPS) is 15.6. The summed E-state index contributed by atoms with van der Waals surface area (Å²) in [6, 6.07) is 0. The second kappa shape index (κ2) is 10.6. The summed E-state index contributed by atoms with van der Waals surface area (Å²) < 4.78 is 5.10. The van der Waals surface area contributed by atoms with E-state index in [0.717, 1.165) is 0 Å².